The Morgan fingerprint density at radius 1 is 1.43 bits per heavy atom. The Bertz CT molecular complexity index is 887. The van der Waals surface area contributed by atoms with Gasteiger partial charge in [-0.1, -0.05) is 0 Å². The van der Waals surface area contributed by atoms with Crippen LogP contribution in [0.1, 0.15) is 28.5 Å². The van der Waals surface area contributed by atoms with Gasteiger partial charge in [-0.15, -0.1) is 0 Å². The van der Waals surface area contributed by atoms with Crippen LogP contribution in [0.3, 0.4) is 0 Å². The molecule has 1 amide bonds. The minimum absolute atomic E-state index is 0.101. The maximum absolute atomic E-state index is 12.4. The largest absolute Gasteiger partial charge is 0.490 e. The van der Waals surface area contributed by atoms with Gasteiger partial charge >= 0.3 is 0 Å². The van der Waals surface area contributed by atoms with Crippen molar-refractivity contribution in [2.45, 2.75) is 26.0 Å². The first-order valence-corrected chi connectivity index (χ1v) is 7.54. The van der Waals surface area contributed by atoms with Crippen LogP contribution in [-0.2, 0) is 13.0 Å². The number of hydrogen-bond donors (Lipinski definition) is 1. The molecule has 0 bridgehead atoms. The zero-order valence-electron chi connectivity index (χ0n) is 12.7. The van der Waals surface area contributed by atoms with Crippen LogP contribution in [0, 0.1) is 0 Å². The molecule has 1 N–H and O–H groups in total. The third-order valence-corrected chi connectivity index (χ3v) is 3.98. The number of fused-ring (bicyclic) bond motifs is 2. The van der Waals surface area contributed by atoms with E-state index in [2.05, 4.69) is 15.3 Å². The van der Waals surface area contributed by atoms with E-state index in [4.69, 9.17) is 4.74 Å². The van der Waals surface area contributed by atoms with Crippen molar-refractivity contribution in [1.82, 2.24) is 19.7 Å². The van der Waals surface area contributed by atoms with Crippen LogP contribution < -0.4 is 10.1 Å². The van der Waals surface area contributed by atoms with E-state index in [1.54, 1.807) is 24.7 Å². The molecule has 23 heavy (non-hydrogen) atoms. The predicted molar refractivity (Wildman–Crippen MR) is 84.4 cm³/mol. The normalized spacial score (nSPS) is 16.1. The number of benzene rings is 1. The van der Waals surface area contributed by atoms with Gasteiger partial charge < -0.3 is 10.1 Å². The number of hydrogen-bond acceptors (Lipinski definition) is 4. The van der Waals surface area contributed by atoms with E-state index in [9.17, 15) is 4.79 Å². The van der Waals surface area contributed by atoms with Crippen LogP contribution in [0.2, 0.25) is 0 Å². The number of aromatic nitrogens is 3. The molecular formula is C17H16N4O2. The van der Waals surface area contributed by atoms with Crippen molar-refractivity contribution in [3.05, 3.63) is 59.8 Å². The van der Waals surface area contributed by atoms with Gasteiger partial charge in [0.05, 0.1) is 24.6 Å². The third-order valence-electron chi connectivity index (χ3n) is 3.98. The monoisotopic (exact) mass is 308 g/mol. The van der Waals surface area contributed by atoms with E-state index in [1.165, 1.54) is 0 Å². The van der Waals surface area contributed by atoms with Crippen molar-refractivity contribution in [3.63, 3.8) is 0 Å². The van der Waals surface area contributed by atoms with E-state index < -0.39 is 0 Å². The lowest BCUT2D eigenvalue weighted by molar-refractivity contribution is 0.0950. The molecule has 6 nitrogen and oxygen atoms in total. The van der Waals surface area contributed by atoms with Crippen molar-refractivity contribution < 1.29 is 9.53 Å². The van der Waals surface area contributed by atoms with E-state index in [0.29, 0.717) is 12.1 Å². The van der Waals surface area contributed by atoms with Crippen LogP contribution >= 0.6 is 0 Å². The summed E-state index contributed by atoms with van der Waals surface area (Å²) in [6.45, 7) is 2.44. The molecule has 6 heteroatoms. The molecule has 3 aromatic rings. The molecule has 2 aromatic heterocycles. The predicted octanol–water partition coefficient (Wildman–Crippen LogP) is 1.98. The van der Waals surface area contributed by atoms with E-state index in [1.807, 2.05) is 29.7 Å². The van der Waals surface area contributed by atoms with Gasteiger partial charge in [0.2, 0.25) is 0 Å². The Balaban J connectivity index is 1.49. The lowest BCUT2D eigenvalue weighted by Crippen LogP contribution is -2.23. The second-order valence-electron chi connectivity index (χ2n) is 5.69. The summed E-state index contributed by atoms with van der Waals surface area (Å²) in [6.07, 6.45) is 7.98. The molecule has 0 saturated carbocycles. The fraction of sp³-hybridized carbons (Fsp3) is 0.235. The summed E-state index contributed by atoms with van der Waals surface area (Å²) in [4.78, 5) is 20.6. The summed E-state index contributed by atoms with van der Waals surface area (Å²) in [5.41, 5.74) is 3.41. The summed E-state index contributed by atoms with van der Waals surface area (Å²) >= 11 is 0. The zero-order chi connectivity index (χ0) is 15.8. The fourth-order valence-corrected chi connectivity index (χ4v) is 2.86. The molecule has 0 aliphatic carbocycles. The number of carbonyl (C=O) groups excluding carboxylic acids is 1. The minimum atomic E-state index is -0.101. The Morgan fingerprint density at radius 3 is 3.26 bits per heavy atom. The average Bonchev–Trinajstić information content (AvgIpc) is 3.14. The van der Waals surface area contributed by atoms with E-state index in [0.717, 1.165) is 29.1 Å². The van der Waals surface area contributed by atoms with Crippen LogP contribution in [-0.4, -0.2) is 26.4 Å². The second kappa shape index (κ2) is 5.39. The van der Waals surface area contributed by atoms with E-state index >= 15 is 0 Å². The number of rotatable bonds is 3. The van der Waals surface area contributed by atoms with Crippen LogP contribution in [0.15, 0.2) is 43.0 Å². The summed E-state index contributed by atoms with van der Waals surface area (Å²) in [5.74, 6) is 0.777. The maximum Gasteiger partial charge on any atom is 0.251 e. The van der Waals surface area contributed by atoms with Crippen molar-refractivity contribution in [2.75, 3.05) is 0 Å². The fourth-order valence-electron chi connectivity index (χ4n) is 2.86. The molecule has 1 unspecified atom stereocenters. The molecule has 0 fully saturated rings. The molecular weight excluding hydrogens is 292 g/mol. The molecule has 0 saturated heterocycles. The summed E-state index contributed by atoms with van der Waals surface area (Å²) in [5, 5.41) is 2.93. The first kappa shape index (κ1) is 13.8. The zero-order valence-corrected chi connectivity index (χ0v) is 12.7. The quantitative estimate of drug-likeness (QED) is 0.803. The molecule has 1 aromatic carbocycles. The topological polar surface area (TPSA) is 68.5 Å². The number of ether oxygens (including phenoxy) is 1. The number of nitrogens with zero attached hydrogens (tertiary/aromatic N) is 3. The first-order valence-electron chi connectivity index (χ1n) is 7.54. The van der Waals surface area contributed by atoms with Gasteiger partial charge in [-0.05, 0) is 30.7 Å². The van der Waals surface area contributed by atoms with E-state index in [-0.39, 0.29) is 12.0 Å². The Morgan fingerprint density at radius 2 is 2.35 bits per heavy atom. The molecule has 116 valence electrons. The lowest BCUT2D eigenvalue weighted by Gasteiger charge is -2.06. The second-order valence-corrected chi connectivity index (χ2v) is 5.69. The summed E-state index contributed by atoms with van der Waals surface area (Å²) in [6, 6.07) is 5.57. The van der Waals surface area contributed by atoms with Crippen molar-refractivity contribution >= 4 is 11.6 Å². The Hall–Kier alpha value is -2.89. The van der Waals surface area contributed by atoms with Gasteiger partial charge in [0, 0.05) is 24.4 Å². The number of imidazole rings is 1. The van der Waals surface area contributed by atoms with Crippen molar-refractivity contribution in [2.24, 2.45) is 0 Å². The van der Waals surface area contributed by atoms with Gasteiger partial charge in [0.25, 0.3) is 5.91 Å². The highest BCUT2D eigenvalue weighted by molar-refractivity contribution is 5.94. The minimum Gasteiger partial charge on any atom is -0.490 e. The Labute approximate surface area is 133 Å². The third kappa shape index (κ3) is 2.52. The van der Waals surface area contributed by atoms with Crippen molar-refractivity contribution in [3.8, 4) is 5.75 Å². The summed E-state index contributed by atoms with van der Waals surface area (Å²) < 4.78 is 7.57. The highest BCUT2D eigenvalue weighted by Gasteiger charge is 2.20. The highest BCUT2D eigenvalue weighted by atomic mass is 16.5. The molecule has 0 spiro atoms. The molecule has 1 aliphatic heterocycles. The number of carbonyl (C=O) groups is 1. The average molecular weight is 308 g/mol. The van der Waals surface area contributed by atoms with Crippen molar-refractivity contribution in [1.29, 1.82) is 0 Å². The molecule has 0 radical (unpaired) electrons. The molecule has 1 atom stereocenters. The van der Waals surface area contributed by atoms with Gasteiger partial charge in [0.1, 0.15) is 11.9 Å². The lowest BCUT2D eigenvalue weighted by atomic mass is 10.1. The van der Waals surface area contributed by atoms with Gasteiger partial charge in [-0.2, -0.15) is 0 Å². The van der Waals surface area contributed by atoms with Gasteiger partial charge in [-0.3, -0.25) is 14.2 Å². The first-order chi connectivity index (χ1) is 11.2. The summed E-state index contributed by atoms with van der Waals surface area (Å²) in [7, 11) is 0. The number of nitrogens with one attached hydrogen (secondary N) is 1. The number of amides is 1. The van der Waals surface area contributed by atoms with Crippen LogP contribution in [0.4, 0.5) is 0 Å². The smallest absolute Gasteiger partial charge is 0.251 e. The maximum atomic E-state index is 12.4. The SMILES string of the molecule is CC1Cc2cc(C(=O)NCc3cnc4cnccn34)ccc2O1. The Kier molecular flexibility index (Phi) is 3.22. The molecule has 4 rings (SSSR count). The molecule has 3 heterocycles. The molecule has 1 aliphatic rings. The van der Waals surface area contributed by atoms with Crippen LogP contribution in [0.5, 0.6) is 5.75 Å². The highest BCUT2D eigenvalue weighted by Crippen LogP contribution is 2.29. The standard InChI is InChI=1S/C17H16N4O2/c1-11-6-13-7-12(2-3-15(13)23-11)17(22)20-9-14-8-19-16-10-18-4-5-21(14)16/h2-5,7-8,10-11H,6,9H2,1H3,(H,20,22). The van der Waals surface area contributed by atoms with Gasteiger partial charge in [-0.25, -0.2) is 4.98 Å². The van der Waals surface area contributed by atoms with Crippen LogP contribution in [0.25, 0.3) is 5.65 Å². The van der Waals surface area contributed by atoms with Gasteiger partial charge in [0.15, 0.2) is 5.65 Å².